The molecule has 6 heteroatoms. The van der Waals surface area contributed by atoms with Crippen LogP contribution < -0.4 is 0 Å². The monoisotopic (exact) mass is 386 g/mol. The molecule has 1 aromatic rings. The van der Waals surface area contributed by atoms with Crippen LogP contribution in [0.2, 0.25) is 5.15 Å². The van der Waals surface area contributed by atoms with Gasteiger partial charge >= 0.3 is 0 Å². The van der Waals surface area contributed by atoms with E-state index in [1.807, 2.05) is 23.5 Å². The second-order valence-electron chi connectivity index (χ2n) is 3.74. The average Bonchev–Trinajstić information content (AvgIpc) is 2.26. The predicted octanol–water partition coefficient (Wildman–Crippen LogP) is 4.03. The molecule has 0 N–H and O–H groups in total. The van der Waals surface area contributed by atoms with Gasteiger partial charge in [-0.25, -0.2) is 9.97 Å². The normalized spacial score (nSPS) is 30.4. The Morgan fingerprint density at radius 1 is 1.44 bits per heavy atom. The highest BCUT2D eigenvalue weighted by Crippen LogP contribution is 2.43. The molecule has 1 fully saturated rings. The molecule has 3 atom stereocenters. The van der Waals surface area contributed by atoms with E-state index in [0.29, 0.717) is 20.9 Å². The summed E-state index contributed by atoms with van der Waals surface area (Å²) in [7, 11) is 0. The average molecular weight is 387 g/mol. The summed E-state index contributed by atoms with van der Waals surface area (Å²) in [6.45, 7) is 4.54. The number of hydrogen-bond acceptors (Lipinski definition) is 4. The molecule has 0 radical (unpaired) electrons. The van der Waals surface area contributed by atoms with Crippen LogP contribution in [0.1, 0.15) is 24.9 Å². The van der Waals surface area contributed by atoms with Gasteiger partial charge in [-0.2, -0.15) is 11.8 Å². The Hall–Kier alpha value is 0.800. The Morgan fingerprint density at radius 2 is 2.19 bits per heavy atom. The molecule has 0 aromatic carbocycles. The number of thioether (sulfide) groups is 2. The molecule has 2 nitrogen and oxygen atoms in total. The summed E-state index contributed by atoms with van der Waals surface area (Å²) in [5, 5.41) is 2.30. The van der Waals surface area contributed by atoms with Gasteiger partial charge in [-0.05, 0) is 22.6 Å². The van der Waals surface area contributed by atoms with Crippen molar-refractivity contribution < 1.29 is 0 Å². The third-order valence-corrected chi connectivity index (χ3v) is 7.34. The standard InChI is InChI=1S/C10H12ClIN2S2/c1-5-6(2)16-8(4-15-5)10-13-3-7(12)9(11)14-10/h3,5-6,8H,4H2,1-2H3. The highest BCUT2D eigenvalue weighted by molar-refractivity contribution is 14.1. The number of hydrogen-bond donors (Lipinski definition) is 0. The van der Waals surface area contributed by atoms with Crippen molar-refractivity contribution in [3.63, 3.8) is 0 Å². The lowest BCUT2D eigenvalue weighted by molar-refractivity contribution is 0.857. The van der Waals surface area contributed by atoms with Gasteiger partial charge in [-0.15, -0.1) is 11.8 Å². The van der Waals surface area contributed by atoms with Gasteiger partial charge in [0.2, 0.25) is 0 Å². The number of rotatable bonds is 1. The molecule has 3 unspecified atom stereocenters. The summed E-state index contributed by atoms with van der Waals surface area (Å²) in [6, 6.07) is 0. The van der Waals surface area contributed by atoms with Crippen molar-refractivity contribution in [2.75, 3.05) is 5.75 Å². The van der Waals surface area contributed by atoms with E-state index in [0.717, 1.165) is 15.1 Å². The van der Waals surface area contributed by atoms with E-state index in [9.17, 15) is 0 Å². The van der Waals surface area contributed by atoms with Crippen molar-refractivity contribution in [3.05, 3.63) is 20.7 Å². The van der Waals surface area contributed by atoms with Crippen LogP contribution in [-0.4, -0.2) is 26.2 Å². The quantitative estimate of drug-likeness (QED) is 0.537. The molecule has 1 aromatic heterocycles. The van der Waals surface area contributed by atoms with Crippen LogP contribution in [-0.2, 0) is 0 Å². The van der Waals surface area contributed by atoms with Gasteiger partial charge in [0.1, 0.15) is 11.0 Å². The van der Waals surface area contributed by atoms with Crippen LogP contribution in [0.5, 0.6) is 0 Å². The predicted molar refractivity (Wildman–Crippen MR) is 81.5 cm³/mol. The van der Waals surface area contributed by atoms with Gasteiger partial charge < -0.3 is 0 Å². The molecule has 0 amide bonds. The van der Waals surface area contributed by atoms with E-state index < -0.39 is 0 Å². The highest BCUT2D eigenvalue weighted by Gasteiger charge is 2.28. The first-order valence-electron chi connectivity index (χ1n) is 5.03. The van der Waals surface area contributed by atoms with Crippen molar-refractivity contribution in [1.82, 2.24) is 9.97 Å². The molecular weight excluding hydrogens is 375 g/mol. The molecule has 0 aliphatic carbocycles. The minimum atomic E-state index is 0.380. The van der Waals surface area contributed by atoms with E-state index in [1.165, 1.54) is 0 Å². The van der Waals surface area contributed by atoms with Gasteiger partial charge in [0.15, 0.2) is 0 Å². The lowest BCUT2D eigenvalue weighted by Gasteiger charge is -2.30. The molecule has 16 heavy (non-hydrogen) atoms. The van der Waals surface area contributed by atoms with Crippen LogP contribution in [0.3, 0.4) is 0 Å². The van der Waals surface area contributed by atoms with Gasteiger partial charge in [0.05, 0.1) is 8.82 Å². The highest BCUT2D eigenvalue weighted by atomic mass is 127. The second-order valence-corrected chi connectivity index (χ2v) is 8.25. The van der Waals surface area contributed by atoms with E-state index in [-0.39, 0.29) is 0 Å². The first-order chi connectivity index (χ1) is 7.58. The Labute approximate surface area is 123 Å². The zero-order valence-electron chi connectivity index (χ0n) is 8.98. The smallest absolute Gasteiger partial charge is 0.146 e. The van der Waals surface area contributed by atoms with E-state index in [4.69, 9.17) is 11.6 Å². The largest absolute Gasteiger partial charge is 0.239 e. The van der Waals surface area contributed by atoms with Gasteiger partial charge in [-0.3, -0.25) is 0 Å². The first-order valence-corrected chi connectivity index (χ1v) is 8.47. The van der Waals surface area contributed by atoms with Crippen LogP contribution in [0, 0.1) is 3.57 Å². The second kappa shape index (κ2) is 5.63. The SMILES string of the molecule is CC1SCC(c2ncc(I)c(Cl)n2)SC1C. The molecular formula is C10H12ClIN2S2. The van der Waals surface area contributed by atoms with Crippen molar-refractivity contribution in [2.24, 2.45) is 0 Å². The topological polar surface area (TPSA) is 25.8 Å². The lowest BCUT2D eigenvalue weighted by Crippen LogP contribution is -2.23. The van der Waals surface area contributed by atoms with E-state index in [1.54, 1.807) is 6.20 Å². The Kier molecular flexibility index (Phi) is 4.66. The summed E-state index contributed by atoms with van der Waals surface area (Å²) >= 11 is 12.1. The molecule has 1 aliphatic heterocycles. The molecule has 1 saturated heterocycles. The molecule has 2 heterocycles. The minimum Gasteiger partial charge on any atom is -0.239 e. The molecule has 0 bridgehead atoms. The molecule has 88 valence electrons. The van der Waals surface area contributed by atoms with Crippen molar-refractivity contribution in [1.29, 1.82) is 0 Å². The van der Waals surface area contributed by atoms with Crippen molar-refractivity contribution >= 4 is 57.7 Å². The van der Waals surface area contributed by atoms with Gasteiger partial charge in [0.25, 0.3) is 0 Å². The maximum absolute atomic E-state index is 6.02. The summed E-state index contributed by atoms with van der Waals surface area (Å²) in [5.41, 5.74) is 0. The third kappa shape index (κ3) is 2.97. The molecule has 0 saturated carbocycles. The molecule has 0 spiro atoms. The summed E-state index contributed by atoms with van der Waals surface area (Å²) in [4.78, 5) is 8.75. The minimum absolute atomic E-state index is 0.380. The summed E-state index contributed by atoms with van der Waals surface area (Å²) in [6.07, 6.45) is 1.80. The summed E-state index contributed by atoms with van der Waals surface area (Å²) in [5.74, 6) is 1.95. The first kappa shape index (κ1) is 13.2. The Bertz CT molecular complexity index is 391. The van der Waals surface area contributed by atoms with Crippen LogP contribution in [0.4, 0.5) is 0 Å². The van der Waals surface area contributed by atoms with Crippen LogP contribution >= 0.6 is 57.7 Å². The fourth-order valence-corrected chi connectivity index (χ4v) is 4.68. The van der Waals surface area contributed by atoms with E-state index >= 15 is 0 Å². The van der Waals surface area contributed by atoms with Crippen molar-refractivity contribution in [2.45, 2.75) is 29.6 Å². The maximum Gasteiger partial charge on any atom is 0.146 e. The van der Waals surface area contributed by atoms with Crippen LogP contribution in [0.25, 0.3) is 0 Å². The van der Waals surface area contributed by atoms with Gasteiger partial charge in [-0.1, -0.05) is 25.4 Å². The molecule has 1 aliphatic rings. The number of nitrogens with zero attached hydrogens (tertiary/aromatic N) is 2. The number of halogens is 2. The molecule has 2 rings (SSSR count). The lowest BCUT2D eigenvalue weighted by atomic mass is 10.3. The van der Waals surface area contributed by atoms with Gasteiger partial charge in [0, 0.05) is 22.4 Å². The third-order valence-electron chi connectivity index (χ3n) is 2.56. The fraction of sp³-hybridized carbons (Fsp3) is 0.600. The zero-order chi connectivity index (χ0) is 11.7. The Balaban J connectivity index is 2.15. The summed E-state index contributed by atoms with van der Waals surface area (Å²) < 4.78 is 0.915. The van der Waals surface area contributed by atoms with E-state index in [2.05, 4.69) is 46.4 Å². The Morgan fingerprint density at radius 3 is 2.81 bits per heavy atom. The van der Waals surface area contributed by atoms with Crippen molar-refractivity contribution in [3.8, 4) is 0 Å². The number of aromatic nitrogens is 2. The fourth-order valence-electron chi connectivity index (χ4n) is 1.43. The van der Waals surface area contributed by atoms with Crippen LogP contribution in [0.15, 0.2) is 6.20 Å². The maximum atomic E-state index is 6.02. The zero-order valence-corrected chi connectivity index (χ0v) is 13.5.